The molecular weight excluding hydrogens is 757 g/mol. The first-order valence-electron chi connectivity index (χ1n) is 18.0. The zero-order valence-corrected chi connectivity index (χ0v) is 29.5. The SMILES string of the molecule is Fc1cc(F)cc(-c2nc(-c3cc(F)cc(F)c3)c3ccc4c5ccc6c(-c7cc(F)cc(F)c7)nc(-c7cc(F)cc(F)c7)c7ccc(c8ccc2c3c84)c5c76)c1. The van der Waals surface area contributed by atoms with Crippen LogP contribution in [0.5, 0.6) is 0 Å². The van der Waals surface area contributed by atoms with Gasteiger partial charge in [0.15, 0.2) is 0 Å². The van der Waals surface area contributed by atoms with Crippen LogP contribution >= 0.6 is 0 Å². The fourth-order valence-corrected chi connectivity index (χ4v) is 8.79. The molecule has 278 valence electrons. The molecule has 0 bridgehead atoms. The lowest BCUT2D eigenvalue weighted by atomic mass is 9.83. The van der Waals surface area contributed by atoms with Gasteiger partial charge in [-0.2, -0.15) is 0 Å². The molecule has 2 nitrogen and oxygen atoms in total. The van der Waals surface area contributed by atoms with E-state index in [1.807, 2.05) is 24.3 Å². The van der Waals surface area contributed by atoms with Crippen molar-refractivity contribution in [2.45, 2.75) is 0 Å². The molecule has 11 rings (SSSR count). The molecule has 0 spiro atoms. The summed E-state index contributed by atoms with van der Waals surface area (Å²) in [6, 6.07) is 26.7. The van der Waals surface area contributed by atoms with E-state index in [-0.39, 0.29) is 45.0 Å². The van der Waals surface area contributed by atoms with Crippen molar-refractivity contribution >= 4 is 64.6 Å². The first kappa shape index (κ1) is 34.1. The fourth-order valence-electron chi connectivity index (χ4n) is 8.79. The molecule has 9 aromatic carbocycles. The zero-order chi connectivity index (χ0) is 39.7. The minimum atomic E-state index is -0.834. The van der Waals surface area contributed by atoms with Crippen molar-refractivity contribution in [3.05, 3.63) is 168 Å². The third kappa shape index (κ3) is 5.04. The highest BCUT2D eigenvalue weighted by molar-refractivity contribution is 6.41. The molecule has 0 saturated carbocycles. The average molecular weight is 777 g/mol. The number of aromatic nitrogens is 2. The van der Waals surface area contributed by atoms with E-state index in [0.717, 1.165) is 105 Å². The lowest BCUT2D eigenvalue weighted by molar-refractivity contribution is 0.583. The van der Waals surface area contributed by atoms with E-state index in [1.165, 1.54) is 0 Å². The van der Waals surface area contributed by atoms with Crippen LogP contribution in [0.4, 0.5) is 35.1 Å². The van der Waals surface area contributed by atoms with Gasteiger partial charge in [0.2, 0.25) is 0 Å². The summed E-state index contributed by atoms with van der Waals surface area (Å²) in [7, 11) is 0. The Morgan fingerprint density at radius 1 is 0.224 bits per heavy atom. The van der Waals surface area contributed by atoms with Gasteiger partial charge in [-0.05, 0) is 80.8 Å². The second-order valence-corrected chi connectivity index (χ2v) is 14.4. The Labute approximate surface area is 321 Å². The van der Waals surface area contributed by atoms with Crippen LogP contribution < -0.4 is 0 Å². The molecule has 10 heteroatoms. The van der Waals surface area contributed by atoms with Crippen LogP contribution in [0.3, 0.4) is 0 Å². The fraction of sp³-hybridized carbons (Fsp3) is 0. The quantitative estimate of drug-likeness (QED) is 0.101. The molecule has 0 saturated heterocycles. The van der Waals surface area contributed by atoms with Crippen LogP contribution in [0.15, 0.2) is 121 Å². The number of benzene rings is 9. The molecule has 2 heterocycles. The van der Waals surface area contributed by atoms with Crippen molar-refractivity contribution in [2.75, 3.05) is 0 Å². The molecule has 0 fully saturated rings. The van der Waals surface area contributed by atoms with Crippen molar-refractivity contribution < 1.29 is 35.1 Å². The van der Waals surface area contributed by atoms with E-state index >= 15 is 0 Å². The average Bonchev–Trinajstić information content (AvgIpc) is 3.17. The Morgan fingerprint density at radius 3 is 0.603 bits per heavy atom. The van der Waals surface area contributed by atoms with Gasteiger partial charge in [0.1, 0.15) is 46.5 Å². The summed E-state index contributed by atoms with van der Waals surface area (Å²) in [4.78, 5) is 9.65. The summed E-state index contributed by atoms with van der Waals surface area (Å²) < 4.78 is 118. The number of pyridine rings is 2. The molecule has 2 aromatic heterocycles. The molecule has 58 heavy (non-hydrogen) atoms. The van der Waals surface area contributed by atoms with Crippen molar-refractivity contribution in [3.63, 3.8) is 0 Å². The van der Waals surface area contributed by atoms with Crippen LogP contribution in [-0.2, 0) is 0 Å². The molecule has 0 unspecified atom stereocenters. The summed E-state index contributed by atoms with van der Waals surface area (Å²) >= 11 is 0. The van der Waals surface area contributed by atoms with Crippen LogP contribution in [0.2, 0.25) is 0 Å². The van der Waals surface area contributed by atoms with Crippen LogP contribution in [0, 0.1) is 46.5 Å². The van der Waals surface area contributed by atoms with Crippen molar-refractivity contribution in [3.8, 4) is 45.0 Å². The highest BCUT2D eigenvalue weighted by atomic mass is 19.2. The highest BCUT2D eigenvalue weighted by Crippen LogP contribution is 2.50. The molecule has 0 atom stereocenters. The predicted octanol–water partition coefficient (Wildman–Crippen LogP) is 14.1. The summed E-state index contributed by atoms with van der Waals surface area (Å²) in [5.41, 5.74) is 1.22. The molecule has 0 radical (unpaired) electrons. The number of fused-ring (bicyclic) bond motifs is 2. The Kier molecular flexibility index (Phi) is 7.14. The van der Waals surface area contributed by atoms with Crippen molar-refractivity contribution in [1.82, 2.24) is 9.97 Å². The lowest BCUT2D eigenvalue weighted by Crippen LogP contribution is -1.99. The largest absolute Gasteiger partial charge is 0.246 e. The Hall–Kier alpha value is -7.20. The van der Waals surface area contributed by atoms with Gasteiger partial charge in [-0.15, -0.1) is 0 Å². The van der Waals surface area contributed by atoms with Crippen LogP contribution in [0.1, 0.15) is 0 Å². The van der Waals surface area contributed by atoms with E-state index in [1.54, 1.807) is 24.3 Å². The number of rotatable bonds is 4. The molecule has 0 N–H and O–H groups in total. The molecule has 0 aliphatic carbocycles. The van der Waals surface area contributed by atoms with Gasteiger partial charge in [-0.3, -0.25) is 0 Å². The summed E-state index contributed by atoms with van der Waals surface area (Å²) in [6.45, 7) is 0. The molecule has 0 aliphatic heterocycles. The highest BCUT2D eigenvalue weighted by Gasteiger charge is 2.25. The summed E-state index contributed by atoms with van der Waals surface area (Å²) in [5.74, 6) is -6.67. The number of nitrogens with zero attached hydrogens (tertiary/aromatic N) is 2. The standard InChI is InChI=1S/C48H20F8N2/c49-25-9-21(10-26(50)17-25)45-37-5-1-33-34-2-6-39-44-40(48(24-15-31(55)20-32(56)16-24)58-47(39)23-13-29(53)19-30(54)14-23)8-4-36(42(34)44)35-3-7-38(43(37)41(33)35)46(57-45)22-11-27(51)18-28(52)12-22/h1-20H. The maximum absolute atomic E-state index is 14.7. The smallest absolute Gasteiger partial charge is 0.126 e. The van der Waals surface area contributed by atoms with E-state index < -0.39 is 46.5 Å². The van der Waals surface area contributed by atoms with Crippen molar-refractivity contribution in [2.24, 2.45) is 0 Å². The minimum absolute atomic E-state index is 0.116. The molecule has 11 aromatic rings. The Bertz CT molecular complexity index is 3030. The van der Waals surface area contributed by atoms with Gasteiger partial charge in [-0.1, -0.05) is 48.5 Å². The molecule has 0 amide bonds. The predicted molar refractivity (Wildman–Crippen MR) is 211 cm³/mol. The molecule has 0 aliphatic rings. The minimum Gasteiger partial charge on any atom is -0.246 e. The lowest BCUT2D eigenvalue weighted by Gasteiger charge is -2.22. The number of halogens is 8. The number of hydrogen-bond donors (Lipinski definition) is 0. The topological polar surface area (TPSA) is 25.8 Å². The normalized spacial score (nSPS) is 12.1. The zero-order valence-electron chi connectivity index (χ0n) is 29.5. The monoisotopic (exact) mass is 776 g/mol. The van der Waals surface area contributed by atoms with Gasteiger partial charge in [0, 0.05) is 78.8 Å². The van der Waals surface area contributed by atoms with E-state index in [4.69, 9.17) is 9.97 Å². The Balaban J connectivity index is 1.32. The van der Waals surface area contributed by atoms with E-state index in [2.05, 4.69) is 0 Å². The van der Waals surface area contributed by atoms with E-state index in [9.17, 15) is 35.1 Å². The van der Waals surface area contributed by atoms with Gasteiger partial charge in [0.25, 0.3) is 0 Å². The maximum atomic E-state index is 14.7. The van der Waals surface area contributed by atoms with Crippen molar-refractivity contribution in [1.29, 1.82) is 0 Å². The summed E-state index contributed by atoms with van der Waals surface area (Å²) in [6.07, 6.45) is 0. The third-order valence-electron chi connectivity index (χ3n) is 10.9. The van der Waals surface area contributed by atoms with Crippen LogP contribution in [-0.4, -0.2) is 9.97 Å². The van der Waals surface area contributed by atoms with Crippen LogP contribution in [0.25, 0.3) is 110 Å². The first-order chi connectivity index (χ1) is 28.0. The second-order valence-electron chi connectivity index (χ2n) is 14.4. The van der Waals surface area contributed by atoms with E-state index in [0.29, 0.717) is 32.3 Å². The summed E-state index contributed by atoms with van der Waals surface area (Å²) in [5, 5.41) is 7.79. The molecular formula is C48H20F8N2. The van der Waals surface area contributed by atoms with Gasteiger partial charge in [-0.25, -0.2) is 45.1 Å². The third-order valence-corrected chi connectivity index (χ3v) is 10.9. The Morgan fingerprint density at radius 2 is 0.397 bits per heavy atom. The number of hydrogen-bond acceptors (Lipinski definition) is 2. The van der Waals surface area contributed by atoms with Gasteiger partial charge in [0.05, 0.1) is 22.8 Å². The first-order valence-corrected chi connectivity index (χ1v) is 18.0. The van der Waals surface area contributed by atoms with Gasteiger partial charge >= 0.3 is 0 Å². The second kappa shape index (κ2) is 12.1. The van der Waals surface area contributed by atoms with Gasteiger partial charge < -0.3 is 0 Å². The maximum Gasteiger partial charge on any atom is 0.126 e.